The van der Waals surface area contributed by atoms with Crippen molar-refractivity contribution in [2.75, 3.05) is 34.9 Å². The Hall–Kier alpha value is -2.87. The molecule has 1 saturated heterocycles. The number of imidazole rings is 1. The van der Waals surface area contributed by atoms with E-state index in [9.17, 15) is 9.59 Å². The van der Waals surface area contributed by atoms with Crippen molar-refractivity contribution in [3.05, 3.63) is 46.9 Å². The van der Waals surface area contributed by atoms with Gasteiger partial charge < -0.3 is 15.5 Å². The van der Waals surface area contributed by atoms with Crippen LogP contribution in [0.15, 0.2) is 46.1 Å². The standard InChI is InChI=1S/C23H29N5O2S/c1-4-27-20-14-18(25-22(29)24-16-9-8-10-17(13-16)31-3)19(26-11-6-7-12-26)15-21(20)28(5-2)23(27)30/h8-10,13-15H,4-7,11-12H2,1-3H3,(H2,24,25,29). The number of rotatable bonds is 6. The summed E-state index contributed by atoms with van der Waals surface area (Å²) in [7, 11) is 0. The minimum absolute atomic E-state index is 0.0112. The molecule has 4 rings (SSSR count). The molecule has 2 heterocycles. The van der Waals surface area contributed by atoms with Crippen molar-refractivity contribution in [2.24, 2.45) is 0 Å². The molecule has 3 aromatic rings. The molecule has 0 radical (unpaired) electrons. The summed E-state index contributed by atoms with van der Waals surface area (Å²) in [6.07, 6.45) is 4.26. The number of carbonyl (C=O) groups excluding carboxylic acids is 1. The number of nitrogens with zero attached hydrogens (tertiary/aromatic N) is 3. The van der Waals surface area contributed by atoms with Crippen LogP contribution in [0.5, 0.6) is 0 Å². The molecule has 0 unspecified atom stereocenters. The second-order valence-electron chi connectivity index (χ2n) is 7.63. The maximum absolute atomic E-state index is 12.8. The molecule has 1 aromatic heterocycles. The number of urea groups is 1. The predicted molar refractivity (Wildman–Crippen MR) is 130 cm³/mol. The van der Waals surface area contributed by atoms with E-state index in [1.54, 1.807) is 20.9 Å². The topological polar surface area (TPSA) is 71.3 Å². The summed E-state index contributed by atoms with van der Waals surface area (Å²) < 4.78 is 3.56. The Bertz CT molecular complexity index is 1160. The number of aromatic nitrogens is 2. The lowest BCUT2D eigenvalue weighted by Gasteiger charge is -2.22. The largest absolute Gasteiger partial charge is 0.370 e. The molecule has 2 N–H and O–H groups in total. The van der Waals surface area contributed by atoms with Crippen molar-refractivity contribution in [3.63, 3.8) is 0 Å². The van der Waals surface area contributed by atoms with E-state index in [1.165, 1.54) is 0 Å². The van der Waals surface area contributed by atoms with Crippen LogP contribution in [0.3, 0.4) is 0 Å². The molecule has 1 fully saturated rings. The van der Waals surface area contributed by atoms with Gasteiger partial charge in [-0.15, -0.1) is 11.8 Å². The van der Waals surface area contributed by atoms with E-state index in [0.29, 0.717) is 13.1 Å². The molecule has 1 aliphatic heterocycles. The molecule has 31 heavy (non-hydrogen) atoms. The smallest absolute Gasteiger partial charge is 0.329 e. The van der Waals surface area contributed by atoms with Crippen LogP contribution in [-0.4, -0.2) is 34.5 Å². The fourth-order valence-corrected chi connectivity index (χ4v) is 4.73. The first-order valence-corrected chi connectivity index (χ1v) is 12.0. The number of fused-ring (bicyclic) bond motifs is 1. The number of thioether (sulfide) groups is 1. The van der Waals surface area contributed by atoms with Crippen molar-refractivity contribution >= 4 is 45.9 Å². The maximum Gasteiger partial charge on any atom is 0.329 e. The highest BCUT2D eigenvalue weighted by Gasteiger charge is 2.21. The highest BCUT2D eigenvalue weighted by molar-refractivity contribution is 7.98. The number of carbonyl (C=O) groups is 1. The van der Waals surface area contributed by atoms with E-state index in [2.05, 4.69) is 21.6 Å². The van der Waals surface area contributed by atoms with Gasteiger partial charge in [0, 0.05) is 36.8 Å². The number of hydrogen-bond donors (Lipinski definition) is 2. The molecule has 0 aliphatic carbocycles. The van der Waals surface area contributed by atoms with Crippen molar-refractivity contribution in [1.29, 1.82) is 0 Å². The van der Waals surface area contributed by atoms with Crippen LogP contribution in [-0.2, 0) is 13.1 Å². The van der Waals surface area contributed by atoms with Gasteiger partial charge in [0.25, 0.3) is 0 Å². The zero-order valence-electron chi connectivity index (χ0n) is 18.3. The number of benzene rings is 2. The van der Waals surface area contributed by atoms with Gasteiger partial charge in [-0.05, 0) is 63.3 Å². The van der Waals surface area contributed by atoms with Gasteiger partial charge in [0.15, 0.2) is 0 Å². The Morgan fingerprint density at radius 1 is 1.00 bits per heavy atom. The second kappa shape index (κ2) is 9.09. The first-order valence-electron chi connectivity index (χ1n) is 10.8. The first kappa shape index (κ1) is 21.4. The molecule has 164 valence electrons. The zero-order chi connectivity index (χ0) is 22.0. The molecule has 0 spiro atoms. The van der Waals surface area contributed by atoms with E-state index in [1.807, 2.05) is 50.4 Å². The van der Waals surface area contributed by atoms with Gasteiger partial charge in [0.2, 0.25) is 0 Å². The summed E-state index contributed by atoms with van der Waals surface area (Å²) in [4.78, 5) is 29.1. The maximum atomic E-state index is 12.8. The van der Waals surface area contributed by atoms with E-state index in [-0.39, 0.29) is 11.7 Å². The van der Waals surface area contributed by atoms with Crippen LogP contribution in [0.4, 0.5) is 21.9 Å². The third kappa shape index (κ3) is 4.17. The van der Waals surface area contributed by atoms with Crippen molar-refractivity contribution in [3.8, 4) is 0 Å². The van der Waals surface area contributed by atoms with E-state index < -0.39 is 0 Å². The van der Waals surface area contributed by atoms with Crippen LogP contribution in [0, 0.1) is 0 Å². The van der Waals surface area contributed by atoms with Crippen LogP contribution >= 0.6 is 11.8 Å². The van der Waals surface area contributed by atoms with Gasteiger partial charge in [0.05, 0.1) is 22.4 Å². The van der Waals surface area contributed by atoms with Gasteiger partial charge in [-0.2, -0.15) is 0 Å². The fraction of sp³-hybridized carbons (Fsp3) is 0.391. The number of nitrogens with one attached hydrogen (secondary N) is 2. The third-order valence-electron chi connectivity index (χ3n) is 5.79. The molecule has 1 aliphatic rings. The number of amides is 2. The van der Waals surface area contributed by atoms with Crippen molar-refractivity contribution in [2.45, 2.75) is 44.7 Å². The monoisotopic (exact) mass is 439 g/mol. The molecule has 2 amide bonds. The third-order valence-corrected chi connectivity index (χ3v) is 6.52. The molecule has 8 heteroatoms. The van der Waals surface area contributed by atoms with Crippen LogP contribution in [0.25, 0.3) is 11.0 Å². The number of anilines is 3. The van der Waals surface area contributed by atoms with Gasteiger partial charge in [-0.1, -0.05) is 6.07 Å². The summed E-state index contributed by atoms with van der Waals surface area (Å²) in [5.74, 6) is 0. The van der Waals surface area contributed by atoms with Gasteiger partial charge in [-0.3, -0.25) is 9.13 Å². The summed E-state index contributed by atoms with van der Waals surface area (Å²) in [5.41, 5.74) is 4.18. The van der Waals surface area contributed by atoms with E-state index >= 15 is 0 Å². The number of hydrogen-bond acceptors (Lipinski definition) is 4. The molecule has 0 bridgehead atoms. The average molecular weight is 440 g/mol. The quantitative estimate of drug-likeness (QED) is 0.541. The molecule has 0 atom stereocenters. The second-order valence-corrected chi connectivity index (χ2v) is 8.51. The SMILES string of the molecule is CCn1c(=O)n(CC)c2cc(N3CCCC3)c(NC(=O)Nc3cccc(SC)c3)cc21. The Morgan fingerprint density at radius 3 is 2.32 bits per heavy atom. The van der Waals surface area contributed by atoms with E-state index in [0.717, 1.165) is 58.9 Å². The Labute approximate surface area is 186 Å². The Kier molecular flexibility index (Phi) is 6.27. The van der Waals surface area contributed by atoms with Gasteiger partial charge in [-0.25, -0.2) is 9.59 Å². The summed E-state index contributed by atoms with van der Waals surface area (Å²) in [6.45, 7) is 7.04. The molecule has 2 aromatic carbocycles. The van der Waals surface area contributed by atoms with Crippen molar-refractivity contribution in [1.82, 2.24) is 9.13 Å². The molecule has 0 saturated carbocycles. The molecular formula is C23H29N5O2S. The van der Waals surface area contributed by atoms with Crippen molar-refractivity contribution < 1.29 is 4.79 Å². The van der Waals surface area contributed by atoms with Crippen LogP contribution < -0.4 is 21.2 Å². The van der Waals surface area contributed by atoms with E-state index in [4.69, 9.17) is 0 Å². The summed E-state index contributed by atoms with van der Waals surface area (Å²) in [6, 6.07) is 11.5. The van der Waals surface area contributed by atoms with Gasteiger partial charge >= 0.3 is 11.7 Å². The predicted octanol–water partition coefficient (Wildman–Crippen LogP) is 4.81. The summed E-state index contributed by atoms with van der Waals surface area (Å²) >= 11 is 1.63. The molecular weight excluding hydrogens is 410 g/mol. The fourth-order valence-electron chi connectivity index (χ4n) is 4.27. The van der Waals surface area contributed by atoms with Crippen LogP contribution in [0.1, 0.15) is 26.7 Å². The lowest BCUT2D eigenvalue weighted by atomic mass is 10.2. The lowest BCUT2D eigenvalue weighted by Crippen LogP contribution is -2.24. The summed E-state index contributed by atoms with van der Waals surface area (Å²) in [5, 5.41) is 5.97. The first-order chi connectivity index (χ1) is 15.0. The zero-order valence-corrected chi connectivity index (χ0v) is 19.1. The van der Waals surface area contributed by atoms with Crippen LogP contribution in [0.2, 0.25) is 0 Å². The average Bonchev–Trinajstić information content (AvgIpc) is 3.38. The Balaban J connectivity index is 1.73. The molecule has 7 nitrogen and oxygen atoms in total. The Morgan fingerprint density at radius 2 is 1.68 bits per heavy atom. The van der Waals surface area contributed by atoms with Gasteiger partial charge in [0.1, 0.15) is 0 Å². The normalized spacial score (nSPS) is 13.7. The highest BCUT2D eigenvalue weighted by Crippen LogP contribution is 2.33. The number of aryl methyl sites for hydroxylation is 2. The minimum Gasteiger partial charge on any atom is -0.370 e. The highest BCUT2D eigenvalue weighted by atomic mass is 32.2. The minimum atomic E-state index is -0.293. The lowest BCUT2D eigenvalue weighted by molar-refractivity contribution is 0.262.